The van der Waals surface area contributed by atoms with Gasteiger partial charge in [0.15, 0.2) is 0 Å². The Kier molecular flexibility index (Phi) is 8.37. The number of unbranched alkanes of at least 4 members (excludes halogenated alkanes) is 1. The van der Waals surface area contributed by atoms with E-state index >= 15 is 0 Å². The molecule has 0 spiro atoms. The minimum Gasteiger partial charge on any atom is -0.494 e. The number of fused-ring (bicyclic) bond motifs is 1. The van der Waals surface area contributed by atoms with Crippen LogP contribution in [0, 0.1) is 0 Å². The smallest absolute Gasteiger partial charge is 0.119 e. The van der Waals surface area contributed by atoms with E-state index in [1.54, 1.807) is 6.07 Å². The maximum absolute atomic E-state index is 6.13. The predicted molar refractivity (Wildman–Crippen MR) is 126 cm³/mol. The van der Waals surface area contributed by atoms with Crippen LogP contribution in [0.25, 0.3) is 0 Å². The highest BCUT2D eigenvalue weighted by atomic mass is 35.5. The van der Waals surface area contributed by atoms with Crippen LogP contribution in [0.1, 0.15) is 30.4 Å². The van der Waals surface area contributed by atoms with Crippen LogP contribution < -0.4 is 9.64 Å². The first-order valence-electron chi connectivity index (χ1n) is 10.4. The van der Waals surface area contributed by atoms with E-state index in [1.807, 2.05) is 12.1 Å². The van der Waals surface area contributed by atoms with Gasteiger partial charge in [-0.05, 0) is 80.1 Å². The second-order valence-electron chi connectivity index (χ2n) is 7.80. The maximum Gasteiger partial charge on any atom is 0.119 e. The first-order valence-corrected chi connectivity index (χ1v) is 11.1. The van der Waals surface area contributed by atoms with Gasteiger partial charge in [0.1, 0.15) is 5.75 Å². The summed E-state index contributed by atoms with van der Waals surface area (Å²) in [6.45, 7) is 6.13. The van der Waals surface area contributed by atoms with E-state index < -0.39 is 0 Å². The van der Waals surface area contributed by atoms with Crippen molar-refractivity contribution in [3.8, 4) is 5.75 Å². The molecule has 1 aliphatic heterocycles. The largest absolute Gasteiger partial charge is 0.494 e. The molecule has 158 valence electrons. The van der Waals surface area contributed by atoms with E-state index in [2.05, 4.69) is 28.0 Å². The predicted octanol–water partition coefficient (Wildman–Crippen LogP) is 5.89. The van der Waals surface area contributed by atoms with Crippen molar-refractivity contribution in [2.45, 2.75) is 32.1 Å². The number of ether oxygens (including phenoxy) is 1. The fourth-order valence-electron chi connectivity index (χ4n) is 4.22. The van der Waals surface area contributed by atoms with Gasteiger partial charge in [0.05, 0.1) is 6.61 Å². The number of hydrogen-bond acceptors (Lipinski definition) is 3. The van der Waals surface area contributed by atoms with Crippen LogP contribution in [0.15, 0.2) is 36.4 Å². The Hall–Kier alpha value is -1.13. The quantitative estimate of drug-likeness (QED) is 0.484. The first-order chi connectivity index (χ1) is 13.7. The summed E-state index contributed by atoms with van der Waals surface area (Å²) in [6.07, 6.45) is 6.00. The van der Waals surface area contributed by atoms with E-state index in [1.165, 1.54) is 36.8 Å². The summed E-state index contributed by atoms with van der Waals surface area (Å²) in [5.41, 5.74) is 4.11. The van der Waals surface area contributed by atoms with Gasteiger partial charge >= 0.3 is 0 Å². The van der Waals surface area contributed by atoms with Crippen LogP contribution in [0.4, 0.5) is 5.69 Å². The van der Waals surface area contributed by atoms with Gasteiger partial charge in [0.2, 0.25) is 0 Å². The van der Waals surface area contributed by atoms with Gasteiger partial charge in [-0.3, -0.25) is 4.90 Å². The van der Waals surface area contributed by atoms with Crippen LogP contribution in [0.2, 0.25) is 10.0 Å². The van der Waals surface area contributed by atoms with E-state index in [4.69, 9.17) is 27.9 Å². The van der Waals surface area contributed by atoms with Crippen LogP contribution in [0.5, 0.6) is 5.75 Å². The normalized spacial score (nSPS) is 16.4. The maximum atomic E-state index is 6.13. The lowest BCUT2D eigenvalue weighted by atomic mass is 10.1. The zero-order valence-electron chi connectivity index (χ0n) is 16.7. The summed E-state index contributed by atoms with van der Waals surface area (Å²) in [5.74, 6) is 1.04. The molecule has 3 nitrogen and oxygen atoms in total. The number of rotatable bonds is 7. The molecular weight excluding hydrogens is 427 g/mol. The number of halogens is 3. The average Bonchev–Trinajstić information content (AvgIpc) is 3.15. The van der Waals surface area contributed by atoms with E-state index in [-0.39, 0.29) is 12.4 Å². The Morgan fingerprint density at radius 1 is 0.828 bits per heavy atom. The summed E-state index contributed by atoms with van der Waals surface area (Å²) in [5, 5.41) is 1.40. The number of piperazine rings is 1. The zero-order chi connectivity index (χ0) is 19.3. The molecule has 0 N–H and O–H groups in total. The third-order valence-corrected chi connectivity index (χ3v) is 6.23. The van der Waals surface area contributed by atoms with Crippen LogP contribution >= 0.6 is 35.6 Å². The van der Waals surface area contributed by atoms with Crippen LogP contribution in [-0.2, 0) is 12.8 Å². The standard InChI is InChI=1S/C23H28Cl2N2O.ClH/c24-20-15-21(25)17-22(16-20)27-11-9-26(10-12-27)8-1-2-13-28-23-7-6-18-4-3-5-19(18)14-23;/h6-7,14-17H,1-5,8-13H2;1H. The fraction of sp³-hybridized carbons (Fsp3) is 0.478. The van der Waals surface area contributed by atoms with Crippen LogP contribution in [-0.4, -0.2) is 44.2 Å². The Labute approximate surface area is 190 Å². The molecule has 0 radical (unpaired) electrons. The SMILES string of the molecule is Cl.Clc1cc(Cl)cc(N2CCN(CCCCOc3ccc4c(c3)CCC4)CC2)c1. The van der Waals surface area contributed by atoms with Crippen molar-refractivity contribution in [1.29, 1.82) is 0 Å². The summed E-state index contributed by atoms with van der Waals surface area (Å²) in [6, 6.07) is 12.4. The van der Waals surface area contributed by atoms with E-state index in [9.17, 15) is 0 Å². The Bertz CT molecular complexity index is 786. The zero-order valence-corrected chi connectivity index (χ0v) is 19.0. The molecular formula is C23H29Cl3N2O. The van der Waals surface area contributed by atoms with Crippen LogP contribution in [0.3, 0.4) is 0 Å². The van der Waals surface area contributed by atoms with Crippen molar-refractivity contribution in [3.63, 3.8) is 0 Å². The number of nitrogens with zero attached hydrogens (tertiary/aromatic N) is 2. The van der Waals surface area contributed by atoms with E-state index in [0.717, 1.165) is 57.2 Å². The highest BCUT2D eigenvalue weighted by molar-refractivity contribution is 6.35. The molecule has 0 aromatic heterocycles. The highest BCUT2D eigenvalue weighted by Gasteiger charge is 2.17. The molecule has 0 saturated carbocycles. The van der Waals surface area contributed by atoms with Crippen molar-refractivity contribution in [1.82, 2.24) is 4.90 Å². The molecule has 0 unspecified atom stereocenters. The molecule has 2 aromatic rings. The summed E-state index contributed by atoms with van der Waals surface area (Å²) >= 11 is 12.3. The molecule has 1 saturated heterocycles. The molecule has 0 atom stereocenters. The van der Waals surface area contributed by atoms with Gasteiger partial charge in [-0.25, -0.2) is 0 Å². The number of hydrogen-bond donors (Lipinski definition) is 0. The molecule has 2 aromatic carbocycles. The Balaban J connectivity index is 0.00000240. The van der Waals surface area contributed by atoms with Gasteiger partial charge < -0.3 is 9.64 Å². The molecule has 0 bridgehead atoms. The molecule has 1 aliphatic carbocycles. The van der Waals surface area contributed by atoms with Crippen molar-refractivity contribution in [2.75, 3.05) is 44.2 Å². The van der Waals surface area contributed by atoms with Gasteiger partial charge in [-0.2, -0.15) is 0 Å². The van der Waals surface area contributed by atoms with E-state index in [0.29, 0.717) is 10.0 Å². The molecule has 29 heavy (non-hydrogen) atoms. The molecule has 0 amide bonds. The van der Waals surface area contributed by atoms with Gasteiger partial charge in [0, 0.05) is 41.9 Å². The molecule has 1 heterocycles. The highest BCUT2D eigenvalue weighted by Crippen LogP contribution is 2.27. The monoisotopic (exact) mass is 454 g/mol. The second-order valence-corrected chi connectivity index (χ2v) is 8.67. The van der Waals surface area contributed by atoms with Gasteiger partial charge in [-0.1, -0.05) is 29.3 Å². The fourth-order valence-corrected chi connectivity index (χ4v) is 4.73. The number of benzene rings is 2. The summed E-state index contributed by atoms with van der Waals surface area (Å²) in [7, 11) is 0. The van der Waals surface area contributed by atoms with Crippen molar-refractivity contribution in [2.24, 2.45) is 0 Å². The third-order valence-electron chi connectivity index (χ3n) is 5.79. The van der Waals surface area contributed by atoms with Gasteiger partial charge in [-0.15, -0.1) is 12.4 Å². The first kappa shape index (κ1) is 22.6. The lowest BCUT2D eigenvalue weighted by molar-refractivity contribution is 0.238. The Morgan fingerprint density at radius 2 is 1.55 bits per heavy atom. The Morgan fingerprint density at radius 3 is 2.31 bits per heavy atom. The molecule has 4 rings (SSSR count). The van der Waals surface area contributed by atoms with Gasteiger partial charge in [0.25, 0.3) is 0 Å². The topological polar surface area (TPSA) is 15.7 Å². The third kappa shape index (κ3) is 6.18. The minimum atomic E-state index is 0. The van der Waals surface area contributed by atoms with Crippen molar-refractivity contribution in [3.05, 3.63) is 57.6 Å². The molecule has 6 heteroatoms. The summed E-state index contributed by atoms with van der Waals surface area (Å²) < 4.78 is 5.97. The lowest BCUT2D eigenvalue weighted by Crippen LogP contribution is -2.46. The lowest BCUT2D eigenvalue weighted by Gasteiger charge is -2.36. The molecule has 1 fully saturated rings. The van der Waals surface area contributed by atoms with Crippen molar-refractivity contribution >= 4 is 41.3 Å². The summed E-state index contributed by atoms with van der Waals surface area (Å²) in [4.78, 5) is 4.91. The molecule has 2 aliphatic rings. The van der Waals surface area contributed by atoms with Crippen molar-refractivity contribution < 1.29 is 4.74 Å². The average molecular weight is 456 g/mol. The second kappa shape index (κ2) is 10.8. The number of anilines is 1. The number of aryl methyl sites for hydroxylation is 2. The minimum absolute atomic E-state index is 0.